The summed E-state index contributed by atoms with van der Waals surface area (Å²) < 4.78 is 0. The average Bonchev–Trinajstić information content (AvgIpc) is 3.31. The van der Waals surface area contributed by atoms with Crippen LogP contribution in [0.2, 0.25) is 5.02 Å². The SMILES string of the molecule is O=C(C1=NN(c2ccccc2)[C@H]2C(=O)N(c3cccc(Cl)c3)C(=O)[C@@H]12)c1ccccc1. The topological polar surface area (TPSA) is 70.1 Å². The fraction of sp³-hybridized carbons (Fsp3) is 0.0833. The summed E-state index contributed by atoms with van der Waals surface area (Å²) in [7, 11) is 0. The summed E-state index contributed by atoms with van der Waals surface area (Å²) in [4.78, 5) is 41.2. The molecular weight excluding hydrogens is 414 g/mol. The quantitative estimate of drug-likeness (QED) is 0.465. The van der Waals surface area contributed by atoms with Crippen LogP contribution in [0.3, 0.4) is 0 Å². The Morgan fingerprint density at radius 1 is 0.806 bits per heavy atom. The third-order valence-corrected chi connectivity index (χ3v) is 5.64. The number of halogens is 1. The number of hydrogen-bond acceptors (Lipinski definition) is 5. The molecule has 5 rings (SSSR count). The van der Waals surface area contributed by atoms with E-state index in [1.165, 1.54) is 5.01 Å². The number of carbonyl (C=O) groups is 3. The number of imide groups is 1. The largest absolute Gasteiger partial charge is 0.287 e. The number of benzene rings is 3. The zero-order chi connectivity index (χ0) is 21.5. The van der Waals surface area contributed by atoms with Crippen LogP contribution in [-0.4, -0.2) is 29.4 Å². The van der Waals surface area contributed by atoms with Gasteiger partial charge in [0.25, 0.3) is 5.91 Å². The van der Waals surface area contributed by atoms with E-state index >= 15 is 0 Å². The highest BCUT2D eigenvalue weighted by Gasteiger charge is 2.58. The molecule has 0 spiro atoms. The maximum atomic E-state index is 13.4. The van der Waals surface area contributed by atoms with Crippen molar-refractivity contribution < 1.29 is 14.4 Å². The van der Waals surface area contributed by atoms with Gasteiger partial charge < -0.3 is 0 Å². The van der Waals surface area contributed by atoms with E-state index in [0.717, 1.165) is 4.90 Å². The predicted molar refractivity (Wildman–Crippen MR) is 118 cm³/mol. The standard InChI is InChI=1S/C24H16ClN3O3/c25-16-10-7-13-18(14-16)27-23(30)19-20(22(29)15-8-3-1-4-9-15)26-28(21(19)24(27)31)17-11-5-2-6-12-17/h1-14,19,21H/t19-,21+/m0/s1. The fourth-order valence-electron chi connectivity index (χ4n) is 4.00. The Kier molecular flexibility index (Phi) is 4.64. The molecule has 6 nitrogen and oxygen atoms in total. The Balaban J connectivity index is 1.62. The van der Waals surface area contributed by atoms with E-state index in [-0.39, 0.29) is 11.5 Å². The van der Waals surface area contributed by atoms with Crippen LogP contribution in [0.1, 0.15) is 10.4 Å². The van der Waals surface area contributed by atoms with Gasteiger partial charge in [-0.15, -0.1) is 0 Å². The lowest BCUT2D eigenvalue weighted by atomic mass is 9.92. The van der Waals surface area contributed by atoms with Crippen molar-refractivity contribution in [1.82, 2.24) is 0 Å². The molecular formula is C24H16ClN3O3. The zero-order valence-electron chi connectivity index (χ0n) is 16.2. The molecule has 2 atom stereocenters. The van der Waals surface area contributed by atoms with Crippen molar-refractivity contribution in [2.24, 2.45) is 11.0 Å². The Hall–Kier alpha value is -3.77. The van der Waals surface area contributed by atoms with Gasteiger partial charge in [0.1, 0.15) is 17.7 Å². The van der Waals surface area contributed by atoms with Crippen LogP contribution in [0.15, 0.2) is 90.0 Å². The van der Waals surface area contributed by atoms with Crippen molar-refractivity contribution in [2.45, 2.75) is 6.04 Å². The number of hydrogen-bond donors (Lipinski definition) is 0. The lowest BCUT2D eigenvalue weighted by molar-refractivity contribution is -0.121. The Labute approximate surface area is 183 Å². The number of rotatable bonds is 4. The molecule has 0 aliphatic carbocycles. The van der Waals surface area contributed by atoms with Gasteiger partial charge in [0.05, 0.1) is 11.4 Å². The second-order valence-corrected chi connectivity index (χ2v) is 7.71. The molecule has 2 aliphatic heterocycles. The van der Waals surface area contributed by atoms with Crippen molar-refractivity contribution in [3.8, 4) is 0 Å². The maximum absolute atomic E-state index is 13.4. The lowest BCUT2D eigenvalue weighted by Crippen LogP contribution is -2.39. The lowest BCUT2D eigenvalue weighted by Gasteiger charge is -2.22. The molecule has 2 aliphatic rings. The number of hydrazone groups is 1. The summed E-state index contributed by atoms with van der Waals surface area (Å²) in [6, 6.07) is 23.3. The third-order valence-electron chi connectivity index (χ3n) is 5.40. The molecule has 0 saturated carbocycles. The van der Waals surface area contributed by atoms with Gasteiger partial charge in [-0.1, -0.05) is 66.2 Å². The number of para-hydroxylation sites is 1. The second kappa shape index (κ2) is 7.49. The molecule has 31 heavy (non-hydrogen) atoms. The van der Waals surface area contributed by atoms with Crippen LogP contribution >= 0.6 is 11.6 Å². The molecule has 0 aromatic heterocycles. The minimum atomic E-state index is -1.00. The first-order valence-electron chi connectivity index (χ1n) is 9.72. The van der Waals surface area contributed by atoms with E-state index < -0.39 is 23.8 Å². The van der Waals surface area contributed by atoms with Gasteiger partial charge in [-0.25, -0.2) is 4.90 Å². The van der Waals surface area contributed by atoms with Crippen LogP contribution in [0.4, 0.5) is 11.4 Å². The van der Waals surface area contributed by atoms with Gasteiger partial charge in [0.2, 0.25) is 11.7 Å². The van der Waals surface area contributed by atoms with E-state index in [9.17, 15) is 14.4 Å². The molecule has 1 saturated heterocycles. The van der Waals surface area contributed by atoms with E-state index in [4.69, 9.17) is 11.6 Å². The summed E-state index contributed by atoms with van der Waals surface area (Å²) in [5.74, 6) is -2.30. The normalized spacial score (nSPS) is 20.1. The summed E-state index contributed by atoms with van der Waals surface area (Å²) in [5, 5.41) is 6.36. The van der Waals surface area contributed by atoms with Gasteiger partial charge >= 0.3 is 0 Å². The predicted octanol–water partition coefficient (Wildman–Crippen LogP) is 3.96. The molecule has 0 N–H and O–H groups in total. The van der Waals surface area contributed by atoms with Crippen molar-refractivity contribution in [2.75, 3.05) is 9.91 Å². The summed E-state index contributed by atoms with van der Waals surface area (Å²) in [6.45, 7) is 0. The van der Waals surface area contributed by atoms with Gasteiger partial charge in [-0.05, 0) is 30.3 Å². The highest BCUT2D eigenvalue weighted by molar-refractivity contribution is 6.53. The minimum absolute atomic E-state index is 0.0583. The molecule has 0 unspecified atom stereocenters. The maximum Gasteiger partial charge on any atom is 0.259 e. The molecule has 7 heteroatoms. The Morgan fingerprint density at radius 3 is 2.13 bits per heavy atom. The fourth-order valence-corrected chi connectivity index (χ4v) is 4.19. The number of carbonyl (C=O) groups excluding carboxylic acids is 3. The third kappa shape index (κ3) is 3.12. The summed E-state index contributed by atoms with van der Waals surface area (Å²) in [6.07, 6.45) is 0. The molecule has 3 aromatic rings. The first kappa shape index (κ1) is 19.2. The highest BCUT2D eigenvalue weighted by atomic mass is 35.5. The molecule has 0 bridgehead atoms. The van der Waals surface area contributed by atoms with Gasteiger partial charge in [-0.3, -0.25) is 19.4 Å². The number of Topliss-reactive ketones (excluding diaryl/α,β-unsaturated/α-hetero) is 1. The van der Waals surface area contributed by atoms with E-state index in [1.54, 1.807) is 66.7 Å². The minimum Gasteiger partial charge on any atom is -0.287 e. The number of ketones is 1. The van der Waals surface area contributed by atoms with Crippen LogP contribution in [-0.2, 0) is 9.59 Å². The molecule has 2 amide bonds. The van der Waals surface area contributed by atoms with Gasteiger partial charge in [0, 0.05) is 10.6 Å². The van der Waals surface area contributed by atoms with E-state index in [1.807, 2.05) is 18.2 Å². The van der Waals surface area contributed by atoms with Gasteiger partial charge in [0.15, 0.2) is 0 Å². The van der Waals surface area contributed by atoms with Crippen molar-refractivity contribution in [1.29, 1.82) is 0 Å². The molecule has 2 heterocycles. The zero-order valence-corrected chi connectivity index (χ0v) is 16.9. The number of nitrogens with zero attached hydrogens (tertiary/aromatic N) is 3. The van der Waals surface area contributed by atoms with Crippen molar-refractivity contribution in [3.05, 3.63) is 95.5 Å². The second-order valence-electron chi connectivity index (χ2n) is 7.27. The first-order chi connectivity index (χ1) is 15.1. The van der Waals surface area contributed by atoms with Crippen LogP contribution in [0.25, 0.3) is 0 Å². The van der Waals surface area contributed by atoms with Gasteiger partial charge in [-0.2, -0.15) is 5.10 Å². The number of fused-ring (bicyclic) bond motifs is 1. The Bertz CT molecular complexity index is 1230. The smallest absolute Gasteiger partial charge is 0.259 e. The summed E-state index contributed by atoms with van der Waals surface area (Å²) >= 11 is 6.09. The van der Waals surface area contributed by atoms with Crippen molar-refractivity contribution >= 4 is 46.3 Å². The van der Waals surface area contributed by atoms with Crippen LogP contribution < -0.4 is 9.91 Å². The number of amides is 2. The summed E-state index contributed by atoms with van der Waals surface area (Å²) in [5.41, 5.74) is 1.47. The average molecular weight is 430 g/mol. The van der Waals surface area contributed by atoms with Crippen LogP contribution in [0.5, 0.6) is 0 Å². The molecule has 152 valence electrons. The number of anilines is 2. The van der Waals surface area contributed by atoms with E-state index in [2.05, 4.69) is 5.10 Å². The molecule has 3 aromatic carbocycles. The molecule has 1 fully saturated rings. The van der Waals surface area contributed by atoms with Crippen molar-refractivity contribution in [3.63, 3.8) is 0 Å². The monoisotopic (exact) mass is 429 g/mol. The van der Waals surface area contributed by atoms with E-state index in [0.29, 0.717) is 22.0 Å². The van der Waals surface area contributed by atoms with Crippen LogP contribution in [0, 0.1) is 5.92 Å². The Morgan fingerprint density at radius 2 is 1.45 bits per heavy atom. The highest BCUT2D eigenvalue weighted by Crippen LogP contribution is 2.38. The molecule has 0 radical (unpaired) electrons. The first-order valence-corrected chi connectivity index (χ1v) is 10.1.